The van der Waals surface area contributed by atoms with E-state index in [2.05, 4.69) is 0 Å². The minimum Gasteiger partial charge on any atom is -0.326 e. The molecule has 0 heterocycles. The van der Waals surface area contributed by atoms with Crippen molar-refractivity contribution in [3.05, 3.63) is 35.4 Å². The van der Waals surface area contributed by atoms with Gasteiger partial charge in [0.25, 0.3) is 0 Å². The third-order valence-corrected chi connectivity index (χ3v) is 4.14. The maximum Gasteiger partial charge on any atom is 0.150 e. The second-order valence-electron chi connectivity index (χ2n) is 3.86. The first-order valence-corrected chi connectivity index (χ1v) is 6.85. The quantitative estimate of drug-likeness (QED) is 0.838. The topological polar surface area (TPSA) is 60.2 Å². The van der Waals surface area contributed by atoms with Gasteiger partial charge in [-0.3, -0.25) is 0 Å². The monoisotopic (exact) mass is 227 g/mol. The second kappa shape index (κ2) is 4.77. The molecule has 0 spiro atoms. The lowest BCUT2D eigenvalue weighted by molar-refractivity contribution is 0.588. The summed E-state index contributed by atoms with van der Waals surface area (Å²) in [4.78, 5) is 0. The van der Waals surface area contributed by atoms with E-state index in [1.54, 1.807) is 6.92 Å². The van der Waals surface area contributed by atoms with Crippen LogP contribution < -0.4 is 5.73 Å². The van der Waals surface area contributed by atoms with Gasteiger partial charge in [-0.1, -0.05) is 24.3 Å². The smallest absolute Gasteiger partial charge is 0.150 e. The average molecular weight is 227 g/mol. The second-order valence-corrected chi connectivity index (χ2v) is 6.33. The van der Waals surface area contributed by atoms with Crippen molar-refractivity contribution in [2.24, 2.45) is 5.73 Å². The van der Waals surface area contributed by atoms with E-state index in [-0.39, 0.29) is 5.25 Å². The highest BCUT2D eigenvalue weighted by Crippen LogP contribution is 2.10. The molecule has 4 heteroatoms. The van der Waals surface area contributed by atoms with Crippen LogP contribution in [0.5, 0.6) is 0 Å². The largest absolute Gasteiger partial charge is 0.326 e. The summed E-state index contributed by atoms with van der Waals surface area (Å²) in [6, 6.07) is 7.74. The van der Waals surface area contributed by atoms with Crippen molar-refractivity contribution in [3.63, 3.8) is 0 Å². The van der Waals surface area contributed by atoms with Crippen LogP contribution in [0.1, 0.15) is 18.1 Å². The summed E-state index contributed by atoms with van der Waals surface area (Å²) in [6.45, 7) is 2.24. The van der Waals surface area contributed by atoms with Crippen molar-refractivity contribution >= 4 is 9.84 Å². The minimum atomic E-state index is -2.94. The first kappa shape index (κ1) is 12.2. The van der Waals surface area contributed by atoms with Gasteiger partial charge in [0.1, 0.15) is 9.84 Å². The lowest BCUT2D eigenvalue weighted by atomic mass is 10.1. The highest BCUT2D eigenvalue weighted by atomic mass is 32.2. The maximum absolute atomic E-state index is 11.2. The number of nitrogens with two attached hydrogens (primary N) is 1. The van der Waals surface area contributed by atoms with Crippen LogP contribution in [0.15, 0.2) is 24.3 Å². The van der Waals surface area contributed by atoms with Crippen molar-refractivity contribution in [1.29, 1.82) is 0 Å². The van der Waals surface area contributed by atoms with E-state index in [1.165, 1.54) is 6.26 Å². The number of benzene rings is 1. The molecule has 84 valence electrons. The van der Waals surface area contributed by atoms with Gasteiger partial charge in [-0.2, -0.15) is 0 Å². The molecule has 2 N–H and O–H groups in total. The predicted molar refractivity (Wildman–Crippen MR) is 62.3 cm³/mol. The zero-order valence-electron chi connectivity index (χ0n) is 9.10. The van der Waals surface area contributed by atoms with Crippen molar-refractivity contribution in [1.82, 2.24) is 0 Å². The van der Waals surface area contributed by atoms with E-state index in [9.17, 15) is 8.42 Å². The molecule has 1 aromatic rings. The standard InChI is InChI=1S/C11H17NO2S/c1-9(15(2,13)14)7-10-3-5-11(8-12)6-4-10/h3-6,9H,7-8,12H2,1-2H3. The van der Waals surface area contributed by atoms with Gasteiger partial charge in [0, 0.05) is 12.8 Å². The Bertz CT molecular complexity index is 409. The number of hydrogen-bond donors (Lipinski definition) is 1. The first-order chi connectivity index (χ1) is 6.93. The summed E-state index contributed by atoms with van der Waals surface area (Å²) in [5.74, 6) is 0. The van der Waals surface area contributed by atoms with Crippen molar-refractivity contribution in [2.75, 3.05) is 6.26 Å². The Morgan fingerprint density at radius 1 is 1.20 bits per heavy atom. The molecule has 0 radical (unpaired) electrons. The molecule has 0 aromatic heterocycles. The Morgan fingerprint density at radius 2 is 1.67 bits per heavy atom. The summed E-state index contributed by atoms with van der Waals surface area (Å²) in [6.07, 6.45) is 1.83. The Kier molecular flexibility index (Phi) is 3.88. The Morgan fingerprint density at radius 3 is 2.07 bits per heavy atom. The normalized spacial score (nSPS) is 13.8. The third kappa shape index (κ3) is 3.64. The van der Waals surface area contributed by atoms with Gasteiger partial charge in [-0.05, 0) is 24.5 Å². The van der Waals surface area contributed by atoms with E-state index >= 15 is 0 Å². The number of sulfone groups is 1. The van der Waals surface area contributed by atoms with Crippen LogP contribution in [-0.4, -0.2) is 19.9 Å². The third-order valence-electron chi connectivity index (χ3n) is 2.51. The molecule has 3 nitrogen and oxygen atoms in total. The van der Waals surface area contributed by atoms with Gasteiger partial charge >= 0.3 is 0 Å². The molecule has 0 saturated carbocycles. The van der Waals surface area contributed by atoms with Crippen molar-refractivity contribution in [3.8, 4) is 0 Å². The lowest BCUT2D eigenvalue weighted by Crippen LogP contribution is -2.18. The van der Waals surface area contributed by atoms with E-state index in [0.29, 0.717) is 13.0 Å². The van der Waals surface area contributed by atoms with Gasteiger partial charge in [0.2, 0.25) is 0 Å². The molecule has 0 saturated heterocycles. The minimum absolute atomic E-state index is 0.332. The summed E-state index contributed by atoms with van der Waals surface area (Å²) in [7, 11) is -2.94. The van der Waals surface area contributed by atoms with E-state index < -0.39 is 9.84 Å². The van der Waals surface area contributed by atoms with Gasteiger partial charge in [-0.25, -0.2) is 8.42 Å². The van der Waals surface area contributed by atoms with Crippen LogP contribution in [0.25, 0.3) is 0 Å². The fraction of sp³-hybridized carbons (Fsp3) is 0.455. The van der Waals surface area contributed by atoms with E-state index in [1.807, 2.05) is 24.3 Å². The molecule has 0 aliphatic rings. The fourth-order valence-corrected chi connectivity index (χ4v) is 1.79. The Labute approximate surface area is 91.2 Å². The summed E-state index contributed by atoms with van der Waals surface area (Å²) in [5.41, 5.74) is 7.57. The summed E-state index contributed by atoms with van der Waals surface area (Å²) in [5, 5.41) is -0.332. The molecule has 0 aliphatic carbocycles. The molecular formula is C11H17NO2S. The summed E-state index contributed by atoms with van der Waals surface area (Å²) < 4.78 is 22.5. The lowest BCUT2D eigenvalue weighted by Gasteiger charge is -2.09. The predicted octanol–water partition coefficient (Wildman–Crippen LogP) is 1.12. The van der Waals surface area contributed by atoms with Crippen LogP contribution in [0.3, 0.4) is 0 Å². The molecule has 0 bridgehead atoms. The molecule has 0 aliphatic heterocycles. The van der Waals surface area contributed by atoms with Crippen molar-refractivity contribution < 1.29 is 8.42 Å². The first-order valence-electron chi connectivity index (χ1n) is 4.90. The van der Waals surface area contributed by atoms with Gasteiger partial charge in [-0.15, -0.1) is 0 Å². The Hall–Kier alpha value is -0.870. The van der Waals surface area contributed by atoms with E-state index in [4.69, 9.17) is 5.73 Å². The highest BCUT2D eigenvalue weighted by Gasteiger charge is 2.14. The molecule has 0 fully saturated rings. The van der Waals surface area contributed by atoms with Crippen LogP contribution in [-0.2, 0) is 22.8 Å². The number of rotatable bonds is 4. The maximum atomic E-state index is 11.2. The molecule has 0 amide bonds. The van der Waals surface area contributed by atoms with Crippen LogP contribution in [0, 0.1) is 0 Å². The van der Waals surface area contributed by atoms with Gasteiger partial charge in [0.15, 0.2) is 0 Å². The SMILES string of the molecule is CC(Cc1ccc(CN)cc1)S(C)(=O)=O. The zero-order chi connectivity index (χ0) is 11.5. The zero-order valence-corrected chi connectivity index (χ0v) is 9.92. The number of hydrogen-bond acceptors (Lipinski definition) is 3. The average Bonchev–Trinajstić information content (AvgIpc) is 2.17. The van der Waals surface area contributed by atoms with Crippen LogP contribution in [0.4, 0.5) is 0 Å². The highest BCUT2D eigenvalue weighted by molar-refractivity contribution is 7.91. The van der Waals surface area contributed by atoms with Crippen molar-refractivity contribution in [2.45, 2.75) is 25.1 Å². The molecule has 15 heavy (non-hydrogen) atoms. The summed E-state index contributed by atoms with van der Waals surface area (Å²) >= 11 is 0. The molecule has 1 rings (SSSR count). The molecular weight excluding hydrogens is 210 g/mol. The van der Waals surface area contributed by atoms with Gasteiger partial charge in [0.05, 0.1) is 5.25 Å². The van der Waals surface area contributed by atoms with Crippen LogP contribution in [0.2, 0.25) is 0 Å². The van der Waals surface area contributed by atoms with E-state index in [0.717, 1.165) is 11.1 Å². The van der Waals surface area contributed by atoms with Gasteiger partial charge < -0.3 is 5.73 Å². The fourth-order valence-electron chi connectivity index (χ4n) is 1.29. The van der Waals surface area contributed by atoms with Crippen LogP contribution >= 0.6 is 0 Å². The molecule has 1 unspecified atom stereocenters. The Balaban J connectivity index is 2.74. The molecule has 1 aromatic carbocycles. The molecule has 1 atom stereocenters.